The Morgan fingerprint density at radius 2 is 2.04 bits per heavy atom. The summed E-state index contributed by atoms with van der Waals surface area (Å²) in [6.45, 7) is 3.79. The molecule has 3 heterocycles. The molecule has 0 spiro atoms. The van der Waals surface area contributed by atoms with Crippen molar-refractivity contribution in [2.24, 2.45) is 0 Å². The minimum atomic E-state index is -1.46. The average molecular weight is 455 g/mol. The molecular formula is C16H18Cl3N3O4S. The number of nitrogens with one attached hydrogen (secondary N) is 1. The molecule has 0 radical (unpaired) electrons. The molecule has 0 aliphatic carbocycles. The molecule has 0 saturated carbocycles. The number of ether oxygens (including phenoxy) is 1. The number of thioether (sulfide) groups is 1. The second kappa shape index (κ2) is 7.48. The van der Waals surface area contributed by atoms with E-state index in [9.17, 15) is 14.7 Å². The molecule has 2 aliphatic rings. The van der Waals surface area contributed by atoms with Gasteiger partial charge in [0.05, 0.1) is 12.0 Å². The van der Waals surface area contributed by atoms with Crippen molar-refractivity contribution in [2.75, 3.05) is 11.9 Å². The monoisotopic (exact) mass is 453 g/mol. The number of hydrogen-bond acceptors (Lipinski definition) is 6. The summed E-state index contributed by atoms with van der Waals surface area (Å²) in [5.74, 6) is -1.47. The number of rotatable bonds is 6. The van der Waals surface area contributed by atoms with E-state index >= 15 is 0 Å². The normalized spacial score (nSPS) is 26.5. The molecule has 2 saturated heterocycles. The highest BCUT2D eigenvalue weighted by Crippen LogP contribution is 2.51. The smallest absolute Gasteiger partial charge is 0.252 e. The molecule has 2 fully saturated rings. The van der Waals surface area contributed by atoms with Crippen LogP contribution in [0.25, 0.3) is 0 Å². The summed E-state index contributed by atoms with van der Waals surface area (Å²) in [6, 6.07) is 2.17. The zero-order chi connectivity index (χ0) is 20.0. The summed E-state index contributed by atoms with van der Waals surface area (Å²) >= 11 is 18.3. The number of carboxylic acid groups (broad SMARTS) is 1. The topological polar surface area (TPSA) is 85.6 Å². The van der Waals surface area contributed by atoms with E-state index in [1.807, 2.05) is 13.8 Å². The molecule has 1 N–H and O–H groups in total. The van der Waals surface area contributed by atoms with Gasteiger partial charge in [-0.3, -0.25) is 4.79 Å². The molecule has 1 amide bonds. The zero-order valence-electron chi connectivity index (χ0n) is 14.5. The number of alkyl halides is 3. The Labute approximate surface area is 175 Å². The SMILES string of the molecule is CC1(C)SC2C(Nc3cc[n+](COCC(Cl)(Cl)Cl)cc3)C(=O)N2[C@H]1C(=O)[O-]. The summed E-state index contributed by atoms with van der Waals surface area (Å²) in [7, 11) is 0. The Bertz CT molecular complexity index is 741. The lowest BCUT2D eigenvalue weighted by atomic mass is 9.96. The summed E-state index contributed by atoms with van der Waals surface area (Å²) in [5.41, 5.74) is 0.737. The maximum Gasteiger partial charge on any atom is 0.252 e. The molecule has 3 atom stereocenters. The Kier molecular flexibility index (Phi) is 5.76. The largest absolute Gasteiger partial charge is 0.548 e. The number of aromatic nitrogens is 1. The molecule has 7 nitrogen and oxygen atoms in total. The molecule has 0 bridgehead atoms. The van der Waals surface area contributed by atoms with Crippen LogP contribution < -0.4 is 15.0 Å². The van der Waals surface area contributed by atoms with Crippen molar-refractivity contribution >= 4 is 64.1 Å². The minimum Gasteiger partial charge on any atom is -0.548 e. The lowest BCUT2D eigenvalue weighted by Crippen LogP contribution is -2.69. The summed E-state index contributed by atoms with van der Waals surface area (Å²) in [6.07, 6.45) is 3.52. The Balaban J connectivity index is 1.59. The molecule has 0 aromatic carbocycles. The first kappa shape index (κ1) is 20.8. The fourth-order valence-corrected chi connectivity index (χ4v) is 5.06. The Morgan fingerprint density at radius 1 is 1.41 bits per heavy atom. The molecule has 148 valence electrons. The standard InChI is InChI=1S/C16H18Cl3N3O4S/c1-15(2)11(14(24)25)22-12(23)10(13(22)27-15)20-9-3-5-21(6-4-9)8-26-7-16(17,18)19/h3-6,10-11,13H,7-8H2,1-2H3,(H,24,25)/t10?,11-,13?/m0/s1. The predicted molar refractivity (Wildman–Crippen MR) is 101 cm³/mol. The number of hydrogen-bond donors (Lipinski definition) is 1. The summed E-state index contributed by atoms with van der Waals surface area (Å²) in [4.78, 5) is 25.3. The van der Waals surface area contributed by atoms with Crippen molar-refractivity contribution < 1.29 is 24.0 Å². The summed E-state index contributed by atoms with van der Waals surface area (Å²) < 4.78 is 4.97. The fraction of sp³-hybridized carbons (Fsp3) is 0.562. The number of amides is 1. The van der Waals surface area contributed by atoms with Gasteiger partial charge in [-0.25, -0.2) is 0 Å². The Morgan fingerprint density at radius 3 is 2.59 bits per heavy atom. The van der Waals surface area contributed by atoms with Crippen molar-refractivity contribution in [1.82, 2.24) is 4.90 Å². The molecule has 2 aliphatic heterocycles. The first-order valence-electron chi connectivity index (χ1n) is 8.10. The third-order valence-electron chi connectivity index (χ3n) is 4.38. The van der Waals surface area contributed by atoms with Crippen molar-refractivity contribution in [3.8, 4) is 0 Å². The van der Waals surface area contributed by atoms with E-state index in [-0.39, 0.29) is 24.6 Å². The number of pyridine rings is 1. The van der Waals surface area contributed by atoms with Crippen molar-refractivity contribution in [3.63, 3.8) is 0 Å². The highest BCUT2D eigenvalue weighted by atomic mass is 35.6. The lowest BCUT2D eigenvalue weighted by Gasteiger charge is -2.45. The van der Waals surface area contributed by atoms with Crippen LogP contribution >= 0.6 is 46.6 Å². The average Bonchev–Trinajstić information content (AvgIpc) is 2.81. The highest BCUT2D eigenvalue weighted by molar-refractivity contribution is 8.01. The van der Waals surface area contributed by atoms with E-state index < -0.39 is 26.6 Å². The molecular weight excluding hydrogens is 437 g/mol. The van der Waals surface area contributed by atoms with Gasteiger partial charge in [0.25, 0.3) is 6.73 Å². The van der Waals surface area contributed by atoms with Gasteiger partial charge in [0.1, 0.15) is 18.0 Å². The minimum absolute atomic E-state index is 0.0363. The maximum atomic E-state index is 12.4. The maximum absolute atomic E-state index is 12.4. The lowest BCUT2D eigenvalue weighted by molar-refractivity contribution is -0.732. The van der Waals surface area contributed by atoms with Crippen molar-refractivity contribution in [1.29, 1.82) is 0 Å². The molecule has 2 unspecified atom stereocenters. The van der Waals surface area contributed by atoms with Gasteiger partial charge in [0.15, 0.2) is 12.4 Å². The number of carboxylic acids is 1. The van der Waals surface area contributed by atoms with E-state index in [0.717, 1.165) is 5.69 Å². The summed E-state index contributed by atoms with van der Waals surface area (Å²) in [5, 5.41) is 14.3. The van der Waals surface area contributed by atoms with Gasteiger partial charge in [-0.15, -0.1) is 11.8 Å². The van der Waals surface area contributed by atoms with E-state index in [0.29, 0.717) is 0 Å². The zero-order valence-corrected chi connectivity index (χ0v) is 17.6. The predicted octanol–water partition coefficient (Wildman–Crippen LogP) is 0.911. The third-order valence-corrected chi connectivity index (χ3v) is 6.28. The van der Waals surface area contributed by atoms with Crippen LogP contribution in [0.5, 0.6) is 0 Å². The number of aliphatic carboxylic acids is 1. The van der Waals surface area contributed by atoms with E-state index in [2.05, 4.69) is 5.32 Å². The van der Waals surface area contributed by atoms with Crippen LogP contribution in [0.3, 0.4) is 0 Å². The van der Waals surface area contributed by atoms with Crippen LogP contribution in [0.1, 0.15) is 13.8 Å². The van der Waals surface area contributed by atoms with Crippen molar-refractivity contribution in [3.05, 3.63) is 24.5 Å². The number of nitrogens with zero attached hydrogens (tertiary/aromatic N) is 2. The van der Waals surface area contributed by atoms with Crippen LogP contribution in [0.4, 0.5) is 5.69 Å². The third kappa shape index (κ3) is 4.40. The number of carbonyl (C=O) groups excluding carboxylic acids is 2. The quantitative estimate of drug-likeness (QED) is 0.391. The first-order chi connectivity index (χ1) is 12.5. The van der Waals surface area contributed by atoms with Gasteiger partial charge in [0, 0.05) is 22.6 Å². The molecule has 27 heavy (non-hydrogen) atoms. The number of halogens is 3. The van der Waals surface area contributed by atoms with Crippen LogP contribution in [-0.4, -0.2) is 49.4 Å². The van der Waals surface area contributed by atoms with E-state index in [4.69, 9.17) is 39.5 Å². The molecule has 11 heteroatoms. The van der Waals surface area contributed by atoms with Gasteiger partial charge in [-0.2, -0.15) is 4.57 Å². The van der Waals surface area contributed by atoms with Crippen molar-refractivity contribution in [2.45, 2.75) is 46.6 Å². The van der Waals surface area contributed by atoms with Gasteiger partial charge < -0.3 is 24.9 Å². The fourth-order valence-electron chi connectivity index (χ4n) is 3.21. The van der Waals surface area contributed by atoms with Gasteiger partial charge >= 0.3 is 0 Å². The van der Waals surface area contributed by atoms with Crippen LogP contribution in [0.2, 0.25) is 0 Å². The van der Waals surface area contributed by atoms with Crippen LogP contribution in [0, 0.1) is 0 Å². The second-order valence-corrected chi connectivity index (χ2v) is 11.2. The number of carbonyl (C=O) groups is 2. The second-order valence-electron chi connectivity index (χ2n) is 6.89. The van der Waals surface area contributed by atoms with E-state index in [1.54, 1.807) is 29.1 Å². The van der Waals surface area contributed by atoms with Crippen LogP contribution in [-0.2, 0) is 21.1 Å². The Hall–Kier alpha value is -0.930. The van der Waals surface area contributed by atoms with Crippen LogP contribution in [0.15, 0.2) is 24.5 Å². The molecule has 1 aromatic rings. The van der Waals surface area contributed by atoms with E-state index in [1.165, 1.54) is 16.7 Å². The number of anilines is 1. The van der Waals surface area contributed by atoms with Gasteiger partial charge in [0.2, 0.25) is 9.70 Å². The molecule has 3 rings (SSSR count). The highest BCUT2D eigenvalue weighted by Gasteiger charge is 2.61. The number of fused-ring (bicyclic) bond motifs is 1. The number of β-lactam (4-membered cyclic amide) rings is 1. The first-order valence-corrected chi connectivity index (χ1v) is 10.1. The molecule has 1 aromatic heterocycles. The van der Waals surface area contributed by atoms with Gasteiger partial charge in [-0.05, 0) is 13.8 Å². The van der Waals surface area contributed by atoms with Gasteiger partial charge in [-0.1, -0.05) is 34.8 Å².